The van der Waals surface area contributed by atoms with Crippen molar-refractivity contribution in [2.24, 2.45) is 0 Å². The van der Waals surface area contributed by atoms with Crippen molar-refractivity contribution >= 4 is 22.8 Å². The van der Waals surface area contributed by atoms with Crippen LogP contribution >= 0.6 is 0 Å². The van der Waals surface area contributed by atoms with E-state index in [0.717, 1.165) is 34.7 Å². The molecule has 3 heterocycles. The molecule has 4 aromatic rings. The summed E-state index contributed by atoms with van der Waals surface area (Å²) >= 11 is 0. The number of aromatic nitrogens is 2. The lowest BCUT2D eigenvalue weighted by atomic mass is 10.1. The zero-order valence-corrected chi connectivity index (χ0v) is 17.7. The summed E-state index contributed by atoms with van der Waals surface area (Å²) in [6.45, 7) is -0.552. The van der Waals surface area contributed by atoms with Crippen molar-refractivity contribution in [2.45, 2.75) is 26.3 Å². The van der Waals surface area contributed by atoms with Crippen LogP contribution in [0.25, 0.3) is 11.0 Å². The van der Waals surface area contributed by atoms with Crippen molar-refractivity contribution in [3.05, 3.63) is 93.7 Å². The van der Waals surface area contributed by atoms with E-state index >= 15 is 0 Å². The van der Waals surface area contributed by atoms with E-state index in [1.54, 1.807) is 0 Å². The summed E-state index contributed by atoms with van der Waals surface area (Å²) in [4.78, 5) is 21.7. The highest BCUT2D eigenvalue weighted by Crippen LogP contribution is 2.31. The van der Waals surface area contributed by atoms with E-state index in [-0.39, 0.29) is 24.7 Å². The van der Waals surface area contributed by atoms with Gasteiger partial charge in [0, 0.05) is 22.3 Å². The smallest absolute Gasteiger partial charge is 0.270 e. The number of aromatic amines is 1. The molecule has 34 heavy (non-hydrogen) atoms. The van der Waals surface area contributed by atoms with Gasteiger partial charge in [-0.2, -0.15) is 0 Å². The Hall–Kier alpha value is -3.92. The van der Waals surface area contributed by atoms with Gasteiger partial charge in [0.05, 0.1) is 37.3 Å². The van der Waals surface area contributed by atoms with Crippen LogP contribution in [0.1, 0.15) is 32.7 Å². The Labute approximate surface area is 191 Å². The standard InChI is InChI=1S/C24H18F4N4O2/c25-16-3-1-4-17(26)12(16)8-32(9-13-18(27)5-2-6-19(13)28)24(33)21-7-20-22(30-21)14-10-34-11-15(14)23(29)31-20/h1-7,30H,8-11H2,(H2,29,31). The zero-order chi connectivity index (χ0) is 24.0. The Morgan fingerprint density at radius 1 is 0.941 bits per heavy atom. The number of fused-ring (bicyclic) bond motifs is 3. The summed E-state index contributed by atoms with van der Waals surface area (Å²) in [5.41, 5.74) is 7.62. The number of amides is 1. The van der Waals surface area contributed by atoms with Gasteiger partial charge in [-0.15, -0.1) is 0 Å². The third kappa shape index (κ3) is 3.75. The van der Waals surface area contributed by atoms with E-state index in [4.69, 9.17) is 10.5 Å². The lowest BCUT2D eigenvalue weighted by Gasteiger charge is -2.23. The zero-order valence-electron chi connectivity index (χ0n) is 17.7. The highest BCUT2D eigenvalue weighted by Gasteiger charge is 2.26. The maximum Gasteiger partial charge on any atom is 0.270 e. The molecule has 6 nitrogen and oxygen atoms in total. The highest BCUT2D eigenvalue weighted by atomic mass is 19.1. The van der Waals surface area contributed by atoms with Crippen LogP contribution in [0.15, 0.2) is 42.5 Å². The molecule has 0 atom stereocenters. The molecule has 1 amide bonds. The Bertz CT molecular complexity index is 1340. The van der Waals surface area contributed by atoms with Gasteiger partial charge in [-0.1, -0.05) is 12.1 Å². The molecule has 2 aromatic heterocycles. The molecule has 5 rings (SSSR count). The van der Waals surface area contributed by atoms with Crippen molar-refractivity contribution in [3.8, 4) is 0 Å². The number of carbonyl (C=O) groups is 1. The minimum atomic E-state index is -0.882. The molecule has 0 bridgehead atoms. The Balaban J connectivity index is 1.57. The molecular formula is C24H18F4N4O2. The minimum Gasteiger partial charge on any atom is -0.383 e. The van der Waals surface area contributed by atoms with Crippen LogP contribution in [-0.4, -0.2) is 20.8 Å². The topological polar surface area (TPSA) is 84.2 Å². The first-order chi connectivity index (χ1) is 16.3. The summed E-state index contributed by atoms with van der Waals surface area (Å²) < 4.78 is 62.9. The molecule has 0 aliphatic carbocycles. The number of rotatable bonds is 5. The summed E-state index contributed by atoms with van der Waals surface area (Å²) in [7, 11) is 0. The van der Waals surface area contributed by atoms with E-state index in [0.29, 0.717) is 16.6 Å². The number of benzene rings is 2. The molecule has 0 spiro atoms. The molecular weight excluding hydrogens is 452 g/mol. The largest absolute Gasteiger partial charge is 0.383 e. The van der Waals surface area contributed by atoms with Gasteiger partial charge in [0.25, 0.3) is 5.91 Å². The van der Waals surface area contributed by atoms with Crippen molar-refractivity contribution < 1.29 is 27.1 Å². The third-order valence-corrected chi connectivity index (χ3v) is 5.84. The lowest BCUT2D eigenvalue weighted by molar-refractivity contribution is 0.0718. The number of carbonyl (C=O) groups excluding carboxylic acids is 1. The summed E-state index contributed by atoms with van der Waals surface area (Å²) in [5, 5.41) is 0. The first-order valence-corrected chi connectivity index (χ1v) is 10.4. The van der Waals surface area contributed by atoms with Crippen LogP contribution in [0.5, 0.6) is 0 Å². The van der Waals surface area contributed by atoms with Crippen LogP contribution in [0.2, 0.25) is 0 Å². The van der Waals surface area contributed by atoms with E-state index in [9.17, 15) is 22.4 Å². The van der Waals surface area contributed by atoms with Gasteiger partial charge in [0.15, 0.2) is 0 Å². The number of hydrogen-bond acceptors (Lipinski definition) is 4. The number of nitrogens with one attached hydrogen (secondary N) is 1. The van der Waals surface area contributed by atoms with E-state index in [1.165, 1.54) is 18.2 Å². The molecule has 1 aliphatic rings. The fourth-order valence-corrected chi connectivity index (χ4v) is 4.07. The van der Waals surface area contributed by atoms with Gasteiger partial charge < -0.3 is 20.4 Å². The predicted molar refractivity (Wildman–Crippen MR) is 115 cm³/mol. The monoisotopic (exact) mass is 470 g/mol. The van der Waals surface area contributed by atoms with Gasteiger partial charge >= 0.3 is 0 Å². The second-order valence-electron chi connectivity index (χ2n) is 7.95. The summed E-state index contributed by atoms with van der Waals surface area (Å²) in [6, 6.07) is 8.00. The fourth-order valence-electron chi connectivity index (χ4n) is 4.07. The van der Waals surface area contributed by atoms with Crippen LogP contribution in [-0.2, 0) is 31.0 Å². The number of hydrogen-bond donors (Lipinski definition) is 2. The van der Waals surface area contributed by atoms with Crippen LogP contribution in [0, 0.1) is 23.3 Å². The molecule has 0 saturated heterocycles. The number of nitrogens with two attached hydrogens (primary N) is 1. The van der Waals surface area contributed by atoms with Crippen LogP contribution in [0.4, 0.5) is 23.4 Å². The second-order valence-corrected chi connectivity index (χ2v) is 7.95. The van der Waals surface area contributed by atoms with Gasteiger partial charge in [-0.3, -0.25) is 4.79 Å². The average Bonchev–Trinajstić information content (AvgIpc) is 3.44. The normalized spacial score (nSPS) is 12.8. The average molecular weight is 470 g/mol. The number of nitrogen functional groups attached to an aromatic ring is 1. The molecule has 3 N–H and O–H groups in total. The molecule has 1 aliphatic heterocycles. The fraction of sp³-hybridized carbons (Fsp3) is 0.167. The van der Waals surface area contributed by atoms with Crippen molar-refractivity contribution in [1.82, 2.24) is 14.9 Å². The first-order valence-electron chi connectivity index (χ1n) is 10.4. The molecule has 0 unspecified atom stereocenters. The quantitative estimate of drug-likeness (QED) is 0.419. The number of anilines is 1. The Morgan fingerprint density at radius 2 is 1.47 bits per heavy atom. The van der Waals surface area contributed by atoms with E-state index in [1.807, 2.05) is 0 Å². The van der Waals surface area contributed by atoms with Crippen molar-refractivity contribution in [2.75, 3.05) is 5.73 Å². The van der Waals surface area contributed by atoms with E-state index in [2.05, 4.69) is 9.97 Å². The molecule has 0 saturated carbocycles. The number of H-pyrrole nitrogens is 1. The SMILES string of the molecule is Nc1nc2cc(C(=O)N(Cc3c(F)cccc3F)Cc3c(F)cccc3F)[nH]c2c2c1COC2. The van der Waals surface area contributed by atoms with Crippen LogP contribution < -0.4 is 5.73 Å². The highest BCUT2D eigenvalue weighted by molar-refractivity contribution is 5.98. The molecule has 0 fully saturated rings. The third-order valence-electron chi connectivity index (χ3n) is 5.84. The van der Waals surface area contributed by atoms with Crippen molar-refractivity contribution in [1.29, 1.82) is 0 Å². The summed E-state index contributed by atoms with van der Waals surface area (Å²) in [5.74, 6) is -3.98. The maximum atomic E-state index is 14.4. The maximum absolute atomic E-state index is 14.4. The second kappa shape index (κ2) is 8.45. The minimum absolute atomic E-state index is 0.0238. The number of pyridine rings is 1. The van der Waals surface area contributed by atoms with Gasteiger partial charge in [-0.25, -0.2) is 22.5 Å². The van der Waals surface area contributed by atoms with Crippen molar-refractivity contribution in [3.63, 3.8) is 0 Å². The van der Waals surface area contributed by atoms with Gasteiger partial charge in [-0.05, 0) is 30.3 Å². The molecule has 0 radical (unpaired) electrons. The van der Waals surface area contributed by atoms with E-state index < -0.39 is 53.4 Å². The number of halogens is 4. The predicted octanol–water partition coefficient (Wildman–Crippen LogP) is 4.57. The lowest BCUT2D eigenvalue weighted by Crippen LogP contribution is -2.32. The Morgan fingerprint density at radius 3 is 2.03 bits per heavy atom. The molecule has 174 valence electrons. The number of nitrogens with zero attached hydrogens (tertiary/aromatic N) is 2. The van der Waals surface area contributed by atoms with Crippen LogP contribution in [0.3, 0.4) is 0 Å². The molecule has 2 aromatic carbocycles. The number of ether oxygens (including phenoxy) is 1. The Kier molecular flexibility index (Phi) is 5.45. The van der Waals surface area contributed by atoms with Gasteiger partial charge in [0.1, 0.15) is 34.8 Å². The van der Waals surface area contributed by atoms with Gasteiger partial charge in [0.2, 0.25) is 0 Å². The summed E-state index contributed by atoms with van der Waals surface area (Å²) in [6.07, 6.45) is 0. The molecule has 10 heteroatoms. The first kappa shape index (κ1) is 21.9.